The first-order valence-corrected chi connectivity index (χ1v) is 8.95. The molecule has 2 saturated heterocycles. The molecule has 0 aliphatic carbocycles. The van der Waals surface area contributed by atoms with Crippen LogP contribution in [0.1, 0.15) is 45.2 Å². The van der Waals surface area contributed by atoms with Gasteiger partial charge in [0.25, 0.3) is 5.56 Å². The number of hydrogen-bond donors (Lipinski definition) is 0. The summed E-state index contributed by atoms with van der Waals surface area (Å²) in [6, 6.07) is 3.14. The Balaban J connectivity index is 1.85. The van der Waals surface area contributed by atoms with Crippen molar-refractivity contribution >= 4 is 11.8 Å². The molecule has 1 aromatic rings. The van der Waals surface area contributed by atoms with Crippen LogP contribution in [0.5, 0.6) is 0 Å². The van der Waals surface area contributed by atoms with Crippen LogP contribution in [-0.4, -0.2) is 56.1 Å². The van der Waals surface area contributed by atoms with Gasteiger partial charge in [0.15, 0.2) is 0 Å². The van der Waals surface area contributed by atoms with Crippen LogP contribution >= 0.6 is 0 Å². The van der Waals surface area contributed by atoms with Crippen molar-refractivity contribution < 1.29 is 9.59 Å². The SMILES string of the molecule is CC(=O)N1CCC[C@@]2(C)[C@@H]1CCCN2C(=O)Cn1nc(C)ccc1=O. The summed E-state index contributed by atoms with van der Waals surface area (Å²) in [6.07, 6.45) is 3.55. The van der Waals surface area contributed by atoms with E-state index < -0.39 is 0 Å². The lowest BCUT2D eigenvalue weighted by atomic mass is 9.76. The molecule has 0 N–H and O–H groups in total. The number of rotatable bonds is 2. The number of aryl methyl sites for hydroxylation is 1. The van der Waals surface area contributed by atoms with Crippen molar-refractivity contribution in [2.24, 2.45) is 0 Å². The van der Waals surface area contributed by atoms with Crippen molar-refractivity contribution in [3.05, 3.63) is 28.2 Å². The van der Waals surface area contributed by atoms with Crippen molar-refractivity contribution in [1.82, 2.24) is 19.6 Å². The van der Waals surface area contributed by atoms with E-state index in [2.05, 4.69) is 12.0 Å². The summed E-state index contributed by atoms with van der Waals surface area (Å²) in [5.74, 6) is -0.0282. The molecule has 3 heterocycles. The normalized spacial score (nSPS) is 26.3. The number of fused-ring (bicyclic) bond motifs is 1. The zero-order valence-electron chi connectivity index (χ0n) is 15.2. The molecule has 2 amide bonds. The number of piperidine rings is 2. The topological polar surface area (TPSA) is 75.5 Å². The molecule has 3 rings (SSSR count). The monoisotopic (exact) mass is 346 g/mol. The predicted molar refractivity (Wildman–Crippen MR) is 93.0 cm³/mol. The van der Waals surface area contributed by atoms with E-state index in [0.717, 1.165) is 32.2 Å². The van der Waals surface area contributed by atoms with Crippen molar-refractivity contribution in [1.29, 1.82) is 0 Å². The maximum Gasteiger partial charge on any atom is 0.267 e. The van der Waals surface area contributed by atoms with Gasteiger partial charge in [-0.05, 0) is 45.6 Å². The first kappa shape index (κ1) is 17.6. The number of carbonyl (C=O) groups is 2. The van der Waals surface area contributed by atoms with E-state index in [-0.39, 0.29) is 35.5 Å². The average Bonchev–Trinajstić information content (AvgIpc) is 2.56. The fourth-order valence-electron chi connectivity index (χ4n) is 4.41. The van der Waals surface area contributed by atoms with E-state index in [1.54, 1.807) is 19.9 Å². The van der Waals surface area contributed by atoms with Crippen molar-refractivity contribution in [2.45, 2.75) is 64.6 Å². The Labute approximate surface area is 147 Å². The van der Waals surface area contributed by atoms with Crippen molar-refractivity contribution in [3.63, 3.8) is 0 Å². The zero-order chi connectivity index (χ0) is 18.2. The summed E-state index contributed by atoms with van der Waals surface area (Å²) in [5.41, 5.74) is 0.0642. The third-order valence-corrected chi connectivity index (χ3v) is 5.64. The van der Waals surface area contributed by atoms with Crippen LogP contribution < -0.4 is 5.56 Å². The van der Waals surface area contributed by atoms with Gasteiger partial charge in [0.2, 0.25) is 11.8 Å². The molecule has 2 atom stereocenters. The summed E-state index contributed by atoms with van der Waals surface area (Å²) in [5, 5.41) is 4.17. The van der Waals surface area contributed by atoms with Crippen LogP contribution in [0.4, 0.5) is 0 Å². The molecule has 0 spiro atoms. The van der Waals surface area contributed by atoms with Gasteiger partial charge in [-0.15, -0.1) is 0 Å². The number of likely N-dealkylation sites (tertiary alicyclic amines) is 2. The highest BCUT2D eigenvalue weighted by atomic mass is 16.2. The van der Waals surface area contributed by atoms with Gasteiger partial charge in [0, 0.05) is 26.1 Å². The second-order valence-electron chi connectivity index (χ2n) is 7.35. The van der Waals surface area contributed by atoms with Gasteiger partial charge in [-0.2, -0.15) is 5.10 Å². The zero-order valence-corrected chi connectivity index (χ0v) is 15.2. The molecule has 0 bridgehead atoms. The Kier molecular flexibility index (Phi) is 4.67. The van der Waals surface area contributed by atoms with Gasteiger partial charge in [-0.3, -0.25) is 14.4 Å². The molecule has 7 heteroatoms. The predicted octanol–water partition coefficient (Wildman–Crippen LogP) is 0.944. The minimum absolute atomic E-state index is 0.0527. The van der Waals surface area contributed by atoms with Crippen LogP contribution in [0, 0.1) is 6.92 Å². The van der Waals surface area contributed by atoms with Crippen LogP contribution in [0.15, 0.2) is 16.9 Å². The average molecular weight is 346 g/mol. The van der Waals surface area contributed by atoms with E-state index in [4.69, 9.17) is 0 Å². The van der Waals surface area contributed by atoms with E-state index in [0.29, 0.717) is 12.2 Å². The molecule has 0 saturated carbocycles. The van der Waals surface area contributed by atoms with E-state index in [9.17, 15) is 14.4 Å². The molecule has 0 radical (unpaired) electrons. The van der Waals surface area contributed by atoms with Crippen LogP contribution in [0.2, 0.25) is 0 Å². The van der Waals surface area contributed by atoms with Gasteiger partial charge >= 0.3 is 0 Å². The van der Waals surface area contributed by atoms with Gasteiger partial charge in [0.1, 0.15) is 6.54 Å². The Hall–Kier alpha value is -2.18. The van der Waals surface area contributed by atoms with Gasteiger partial charge in [-0.1, -0.05) is 0 Å². The molecule has 0 aromatic carbocycles. The number of carbonyl (C=O) groups excluding carboxylic acids is 2. The first-order valence-electron chi connectivity index (χ1n) is 8.95. The first-order chi connectivity index (χ1) is 11.8. The maximum absolute atomic E-state index is 13.0. The Morgan fingerprint density at radius 2 is 2.04 bits per heavy atom. The molecule has 25 heavy (non-hydrogen) atoms. The fraction of sp³-hybridized carbons (Fsp3) is 0.667. The largest absolute Gasteiger partial charge is 0.338 e. The molecular weight excluding hydrogens is 320 g/mol. The highest BCUT2D eigenvalue weighted by molar-refractivity contribution is 5.78. The standard InChI is InChI=1S/C18H26N4O3/c1-13-7-8-16(24)22(19-13)12-17(25)21-11-4-6-15-18(21,3)9-5-10-20(15)14(2)23/h7-8,15H,4-6,9-12H2,1-3H3/t15-,18-/m0/s1. The van der Waals surface area contributed by atoms with Gasteiger partial charge in [0.05, 0.1) is 17.3 Å². The molecule has 0 unspecified atom stereocenters. The highest BCUT2D eigenvalue weighted by Crippen LogP contribution is 2.39. The van der Waals surface area contributed by atoms with Gasteiger partial charge < -0.3 is 9.80 Å². The second kappa shape index (κ2) is 6.61. The van der Waals surface area contributed by atoms with Crippen LogP contribution in [-0.2, 0) is 16.1 Å². The van der Waals surface area contributed by atoms with E-state index in [1.165, 1.54) is 10.7 Å². The van der Waals surface area contributed by atoms with Gasteiger partial charge in [-0.25, -0.2) is 4.68 Å². The third kappa shape index (κ3) is 3.19. The Bertz CT molecular complexity index is 744. The summed E-state index contributed by atoms with van der Waals surface area (Å²) in [4.78, 5) is 40.8. The molecular formula is C18H26N4O3. The second-order valence-corrected chi connectivity index (χ2v) is 7.35. The van der Waals surface area contributed by atoms with Crippen LogP contribution in [0.25, 0.3) is 0 Å². The summed E-state index contributed by atoms with van der Waals surface area (Å²) >= 11 is 0. The summed E-state index contributed by atoms with van der Waals surface area (Å²) in [7, 11) is 0. The summed E-state index contributed by atoms with van der Waals surface area (Å²) < 4.78 is 1.23. The van der Waals surface area contributed by atoms with Crippen LogP contribution in [0.3, 0.4) is 0 Å². The lowest BCUT2D eigenvalue weighted by Gasteiger charge is -2.56. The third-order valence-electron chi connectivity index (χ3n) is 5.64. The number of amides is 2. The number of hydrogen-bond acceptors (Lipinski definition) is 4. The lowest BCUT2D eigenvalue weighted by Crippen LogP contribution is -2.68. The van der Waals surface area contributed by atoms with E-state index >= 15 is 0 Å². The highest BCUT2D eigenvalue weighted by Gasteiger charge is 2.49. The fourth-order valence-corrected chi connectivity index (χ4v) is 4.41. The maximum atomic E-state index is 13.0. The molecule has 2 aliphatic heterocycles. The molecule has 2 fully saturated rings. The minimum atomic E-state index is -0.368. The molecule has 7 nitrogen and oxygen atoms in total. The molecule has 2 aliphatic rings. The van der Waals surface area contributed by atoms with Crippen molar-refractivity contribution in [2.75, 3.05) is 13.1 Å². The molecule has 136 valence electrons. The summed E-state index contributed by atoms with van der Waals surface area (Å²) in [6.45, 7) is 6.85. The Morgan fingerprint density at radius 3 is 2.76 bits per heavy atom. The minimum Gasteiger partial charge on any atom is -0.338 e. The van der Waals surface area contributed by atoms with E-state index in [1.807, 2.05) is 9.80 Å². The smallest absolute Gasteiger partial charge is 0.267 e. The number of aromatic nitrogens is 2. The molecule has 1 aromatic heterocycles. The lowest BCUT2D eigenvalue weighted by molar-refractivity contribution is -0.155. The quantitative estimate of drug-likeness (QED) is 0.799. The number of nitrogens with zero attached hydrogens (tertiary/aromatic N) is 4. The Morgan fingerprint density at radius 1 is 1.28 bits per heavy atom. The van der Waals surface area contributed by atoms with Crippen molar-refractivity contribution in [3.8, 4) is 0 Å².